The quantitative estimate of drug-likeness (QED) is 0.718. The number of aliphatic hydroxyl groups is 2. The van der Waals surface area contributed by atoms with E-state index in [9.17, 15) is 10.2 Å². The molecular weight excluding hydrogens is 228 g/mol. The second kappa shape index (κ2) is 6.69. The van der Waals surface area contributed by atoms with Gasteiger partial charge in [-0.15, -0.1) is 0 Å². The fraction of sp³-hybridized carbons (Fsp3) is 0.867. The Kier molecular flexibility index (Phi) is 5.83. The topological polar surface area (TPSA) is 49.7 Å². The lowest BCUT2D eigenvalue weighted by Gasteiger charge is -2.22. The van der Waals surface area contributed by atoms with Crippen LogP contribution in [0, 0.1) is 11.8 Å². The summed E-state index contributed by atoms with van der Waals surface area (Å²) in [5, 5.41) is 18.9. The molecule has 1 aliphatic rings. The first-order chi connectivity index (χ1) is 8.32. The molecule has 1 fully saturated rings. The van der Waals surface area contributed by atoms with Crippen molar-refractivity contribution >= 4 is 0 Å². The van der Waals surface area contributed by atoms with Crippen molar-refractivity contribution in [1.29, 1.82) is 0 Å². The van der Waals surface area contributed by atoms with E-state index in [-0.39, 0.29) is 17.8 Å². The van der Waals surface area contributed by atoms with E-state index in [4.69, 9.17) is 4.74 Å². The van der Waals surface area contributed by atoms with Crippen LogP contribution in [-0.4, -0.2) is 34.6 Å². The zero-order valence-corrected chi connectivity index (χ0v) is 12.1. The number of rotatable bonds is 6. The predicted molar refractivity (Wildman–Crippen MR) is 73.4 cm³/mol. The molecule has 0 bridgehead atoms. The number of hydrogen-bond acceptors (Lipinski definition) is 3. The van der Waals surface area contributed by atoms with Crippen LogP contribution < -0.4 is 0 Å². The van der Waals surface area contributed by atoms with Crippen LogP contribution in [0.2, 0.25) is 0 Å². The van der Waals surface area contributed by atoms with Crippen molar-refractivity contribution in [1.82, 2.24) is 0 Å². The fourth-order valence-electron chi connectivity index (χ4n) is 2.40. The molecule has 3 nitrogen and oxygen atoms in total. The van der Waals surface area contributed by atoms with Gasteiger partial charge in [0.25, 0.3) is 0 Å². The molecule has 1 heterocycles. The monoisotopic (exact) mass is 256 g/mol. The van der Waals surface area contributed by atoms with Gasteiger partial charge in [0.15, 0.2) is 0 Å². The molecule has 0 amide bonds. The molecule has 0 aromatic rings. The first-order valence-electron chi connectivity index (χ1n) is 7.02. The van der Waals surface area contributed by atoms with E-state index in [2.05, 4.69) is 26.0 Å². The number of allylic oxidation sites excluding steroid dienone is 1. The van der Waals surface area contributed by atoms with Crippen LogP contribution in [0.3, 0.4) is 0 Å². The van der Waals surface area contributed by atoms with Gasteiger partial charge in [-0.1, -0.05) is 26.0 Å². The van der Waals surface area contributed by atoms with Crippen molar-refractivity contribution in [3.63, 3.8) is 0 Å². The Morgan fingerprint density at radius 2 is 2.00 bits per heavy atom. The van der Waals surface area contributed by atoms with Gasteiger partial charge in [0.2, 0.25) is 0 Å². The first-order valence-corrected chi connectivity index (χ1v) is 7.02. The minimum absolute atomic E-state index is 0.236. The van der Waals surface area contributed by atoms with Gasteiger partial charge in [0.05, 0.1) is 24.4 Å². The highest BCUT2D eigenvalue weighted by atomic mass is 16.5. The molecule has 4 atom stereocenters. The maximum absolute atomic E-state index is 9.52. The zero-order valence-electron chi connectivity index (χ0n) is 12.1. The number of hydrogen-bond donors (Lipinski definition) is 2. The standard InChI is InChI=1S/C15H28O3/c1-11(2)13(6-5-12(3)16)7-8-15(4)9-14(17)10-18-15/h7-8,11-14,16-17H,5-6,9-10H2,1-4H3/b8-7+. The average molecular weight is 256 g/mol. The van der Waals surface area contributed by atoms with Crippen LogP contribution in [-0.2, 0) is 4.74 Å². The smallest absolute Gasteiger partial charge is 0.0861 e. The van der Waals surface area contributed by atoms with Gasteiger partial charge in [-0.25, -0.2) is 0 Å². The summed E-state index contributed by atoms with van der Waals surface area (Å²) in [4.78, 5) is 0. The van der Waals surface area contributed by atoms with Crippen LogP contribution in [0.25, 0.3) is 0 Å². The SMILES string of the molecule is CC(O)CCC(/C=C/C1(C)CC(O)CO1)C(C)C. The largest absolute Gasteiger partial charge is 0.393 e. The average Bonchev–Trinajstić information content (AvgIpc) is 2.58. The van der Waals surface area contributed by atoms with Crippen molar-refractivity contribution in [2.24, 2.45) is 11.8 Å². The van der Waals surface area contributed by atoms with Crippen LogP contribution in [0.1, 0.15) is 47.0 Å². The summed E-state index contributed by atoms with van der Waals surface area (Å²) < 4.78 is 5.62. The molecular formula is C15H28O3. The van der Waals surface area contributed by atoms with Crippen molar-refractivity contribution in [2.75, 3.05) is 6.61 Å². The van der Waals surface area contributed by atoms with Crippen LogP contribution >= 0.6 is 0 Å². The lowest BCUT2D eigenvalue weighted by atomic mass is 9.88. The van der Waals surface area contributed by atoms with E-state index >= 15 is 0 Å². The van der Waals surface area contributed by atoms with Gasteiger partial charge >= 0.3 is 0 Å². The highest BCUT2D eigenvalue weighted by Crippen LogP contribution is 2.29. The van der Waals surface area contributed by atoms with E-state index in [1.807, 2.05) is 13.8 Å². The summed E-state index contributed by atoms with van der Waals surface area (Å²) >= 11 is 0. The third-order valence-electron chi connectivity index (χ3n) is 3.72. The van der Waals surface area contributed by atoms with Gasteiger partial charge in [0.1, 0.15) is 0 Å². The Hall–Kier alpha value is -0.380. The summed E-state index contributed by atoms with van der Waals surface area (Å²) in [6, 6.07) is 0. The lowest BCUT2D eigenvalue weighted by molar-refractivity contribution is 0.0512. The van der Waals surface area contributed by atoms with Crippen LogP contribution in [0.5, 0.6) is 0 Å². The molecule has 0 spiro atoms. The highest BCUT2D eigenvalue weighted by molar-refractivity contribution is 5.05. The van der Waals surface area contributed by atoms with E-state index < -0.39 is 0 Å². The molecule has 0 aromatic carbocycles. The molecule has 4 unspecified atom stereocenters. The minimum Gasteiger partial charge on any atom is -0.393 e. The van der Waals surface area contributed by atoms with Gasteiger partial charge in [0, 0.05) is 6.42 Å². The maximum atomic E-state index is 9.52. The first kappa shape index (κ1) is 15.7. The summed E-state index contributed by atoms with van der Waals surface area (Å²) in [5.41, 5.74) is -0.322. The fourth-order valence-corrected chi connectivity index (χ4v) is 2.40. The van der Waals surface area contributed by atoms with Crippen molar-refractivity contribution in [3.8, 4) is 0 Å². The summed E-state index contributed by atoms with van der Waals surface area (Å²) in [5.74, 6) is 1.01. The number of aliphatic hydroxyl groups excluding tert-OH is 2. The van der Waals surface area contributed by atoms with Gasteiger partial charge < -0.3 is 14.9 Å². The molecule has 1 aliphatic heterocycles. The molecule has 1 rings (SSSR count). The molecule has 1 saturated heterocycles. The molecule has 2 N–H and O–H groups in total. The summed E-state index contributed by atoms with van der Waals surface area (Å²) in [6.45, 7) is 8.68. The van der Waals surface area contributed by atoms with Gasteiger partial charge in [-0.3, -0.25) is 0 Å². The van der Waals surface area contributed by atoms with Crippen LogP contribution in [0.4, 0.5) is 0 Å². The second-order valence-corrected chi connectivity index (χ2v) is 6.17. The Morgan fingerprint density at radius 3 is 2.44 bits per heavy atom. The second-order valence-electron chi connectivity index (χ2n) is 6.17. The van der Waals surface area contributed by atoms with Crippen molar-refractivity contribution in [2.45, 2.75) is 64.8 Å². The summed E-state index contributed by atoms with van der Waals surface area (Å²) in [7, 11) is 0. The van der Waals surface area contributed by atoms with Gasteiger partial charge in [-0.05, 0) is 38.5 Å². The third-order valence-corrected chi connectivity index (χ3v) is 3.72. The molecule has 18 heavy (non-hydrogen) atoms. The lowest BCUT2D eigenvalue weighted by Crippen LogP contribution is -2.21. The molecule has 3 heteroatoms. The predicted octanol–water partition coefficient (Wildman–Crippen LogP) is 2.52. The van der Waals surface area contributed by atoms with Crippen molar-refractivity contribution in [3.05, 3.63) is 12.2 Å². The molecule has 0 aliphatic carbocycles. The Bertz CT molecular complexity index is 273. The Balaban J connectivity index is 2.54. The molecule has 106 valence electrons. The highest BCUT2D eigenvalue weighted by Gasteiger charge is 2.33. The van der Waals surface area contributed by atoms with E-state index in [1.54, 1.807) is 0 Å². The third kappa shape index (κ3) is 5.09. The molecule has 0 aromatic heterocycles. The maximum Gasteiger partial charge on any atom is 0.0861 e. The Labute approximate surface area is 111 Å². The van der Waals surface area contributed by atoms with E-state index in [1.165, 1.54) is 0 Å². The normalized spacial score (nSPS) is 32.3. The van der Waals surface area contributed by atoms with Crippen LogP contribution in [0.15, 0.2) is 12.2 Å². The summed E-state index contributed by atoms with van der Waals surface area (Å²) in [6.07, 6.45) is 6.21. The van der Waals surface area contributed by atoms with E-state index in [0.29, 0.717) is 24.9 Å². The Morgan fingerprint density at radius 1 is 1.33 bits per heavy atom. The van der Waals surface area contributed by atoms with E-state index in [0.717, 1.165) is 12.8 Å². The molecule has 0 radical (unpaired) electrons. The van der Waals surface area contributed by atoms with Crippen molar-refractivity contribution < 1.29 is 14.9 Å². The van der Waals surface area contributed by atoms with Gasteiger partial charge in [-0.2, -0.15) is 0 Å². The minimum atomic E-state index is -0.338. The zero-order chi connectivity index (χ0) is 13.8. The molecule has 0 saturated carbocycles. The number of ether oxygens (including phenoxy) is 1.